The molecule has 1 saturated heterocycles. The van der Waals surface area contributed by atoms with E-state index in [1.807, 2.05) is 0 Å². The molecule has 0 saturated carbocycles. The number of aromatic nitrogens is 3. The molecule has 0 aliphatic carbocycles. The zero-order chi connectivity index (χ0) is 12.8. The number of likely N-dealkylation sites (N-methyl/N-ethyl adjacent to an activating group) is 1. The van der Waals surface area contributed by atoms with E-state index < -0.39 is 0 Å². The Labute approximate surface area is 109 Å². The van der Waals surface area contributed by atoms with Crippen LogP contribution in [0.4, 0.5) is 0 Å². The number of hydrogen-bond acceptors (Lipinski definition) is 5. The molecule has 1 aliphatic heterocycles. The minimum atomic E-state index is 0.807. The molecule has 0 aromatic carbocycles. The largest absolute Gasteiger partial charge is 0.317 e. The van der Waals surface area contributed by atoms with Gasteiger partial charge in [-0.2, -0.15) is 0 Å². The Morgan fingerprint density at radius 2 is 2.06 bits per heavy atom. The lowest BCUT2D eigenvalue weighted by Gasteiger charge is -2.32. The van der Waals surface area contributed by atoms with Gasteiger partial charge in [-0.05, 0) is 14.0 Å². The molecule has 6 heteroatoms. The van der Waals surface area contributed by atoms with Gasteiger partial charge in [0.1, 0.15) is 12.2 Å². The molecule has 1 aromatic rings. The third-order valence-electron chi connectivity index (χ3n) is 3.52. The molecule has 0 radical (unpaired) electrons. The summed E-state index contributed by atoms with van der Waals surface area (Å²) in [4.78, 5) is 4.89. The summed E-state index contributed by atoms with van der Waals surface area (Å²) in [5.74, 6) is 1.02. The minimum Gasteiger partial charge on any atom is -0.317 e. The van der Waals surface area contributed by atoms with Crippen LogP contribution in [0.25, 0.3) is 0 Å². The van der Waals surface area contributed by atoms with Crippen molar-refractivity contribution in [3.8, 4) is 0 Å². The van der Waals surface area contributed by atoms with Gasteiger partial charge in [-0.3, -0.25) is 4.90 Å². The van der Waals surface area contributed by atoms with Crippen LogP contribution >= 0.6 is 0 Å². The predicted molar refractivity (Wildman–Crippen MR) is 71.3 cm³/mol. The van der Waals surface area contributed by atoms with E-state index in [1.165, 1.54) is 26.2 Å². The van der Waals surface area contributed by atoms with Crippen molar-refractivity contribution >= 4 is 0 Å². The van der Waals surface area contributed by atoms with E-state index in [1.54, 1.807) is 6.33 Å². The van der Waals surface area contributed by atoms with Crippen molar-refractivity contribution in [1.29, 1.82) is 0 Å². The van der Waals surface area contributed by atoms with Crippen molar-refractivity contribution in [2.24, 2.45) is 0 Å². The van der Waals surface area contributed by atoms with Crippen molar-refractivity contribution in [2.45, 2.75) is 20.0 Å². The van der Waals surface area contributed by atoms with Gasteiger partial charge in [0.2, 0.25) is 0 Å². The second-order valence-corrected chi connectivity index (χ2v) is 4.85. The van der Waals surface area contributed by atoms with E-state index in [-0.39, 0.29) is 0 Å². The molecule has 1 fully saturated rings. The monoisotopic (exact) mass is 252 g/mol. The summed E-state index contributed by atoms with van der Waals surface area (Å²) >= 11 is 0. The van der Waals surface area contributed by atoms with Crippen LogP contribution in [0, 0.1) is 0 Å². The lowest BCUT2D eigenvalue weighted by Crippen LogP contribution is -2.46. The molecule has 18 heavy (non-hydrogen) atoms. The fraction of sp³-hybridized carbons (Fsp3) is 0.833. The number of hydrogen-bond donors (Lipinski definition) is 1. The van der Waals surface area contributed by atoms with Gasteiger partial charge in [-0.15, -0.1) is 10.2 Å². The quantitative estimate of drug-likeness (QED) is 0.700. The molecule has 1 aliphatic rings. The van der Waals surface area contributed by atoms with E-state index in [4.69, 9.17) is 0 Å². The van der Waals surface area contributed by atoms with Crippen LogP contribution in [0.15, 0.2) is 6.33 Å². The van der Waals surface area contributed by atoms with Gasteiger partial charge in [0, 0.05) is 45.8 Å². The number of nitrogens with one attached hydrogen (secondary N) is 1. The first-order chi connectivity index (χ1) is 8.79. The van der Waals surface area contributed by atoms with Crippen LogP contribution in [0.5, 0.6) is 0 Å². The Kier molecular flexibility index (Phi) is 5.10. The summed E-state index contributed by atoms with van der Waals surface area (Å²) in [6, 6.07) is 0. The van der Waals surface area contributed by atoms with Crippen molar-refractivity contribution in [2.75, 3.05) is 46.3 Å². The Hall–Kier alpha value is -0.980. The Bertz CT molecular complexity index is 342. The smallest absolute Gasteiger partial charge is 0.146 e. The maximum Gasteiger partial charge on any atom is 0.146 e. The molecule has 0 bridgehead atoms. The lowest BCUT2D eigenvalue weighted by molar-refractivity contribution is 0.154. The lowest BCUT2D eigenvalue weighted by atomic mass is 10.3. The van der Waals surface area contributed by atoms with Crippen LogP contribution in [-0.4, -0.2) is 70.9 Å². The van der Waals surface area contributed by atoms with Gasteiger partial charge >= 0.3 is 0 Å². The molecular formula is C12H24N6. The molecule has 2 rings (SSSR count). The SMILES string of the molecule is CCn1cnnc1CNCCN1CCN(C)CC1. The summed E-state index contributed by atoms with van der Waals surface area (Å²) in [5.41, 5.74) is 0. The highest BCUT2D eigenvalue weighted by atomic mass is 15.3. The van der Waals surface area contributed by atoms with Crippen LogP contribution in [-0.2, 0) is 13.1 Å². The molecule has 0 spiro atoms. The molecule has 0 unspecified atom stereocenters. The zero-order valence-electron chi connectivity index (χ0n) is 11.5. The highest BCUT2D eigenvalue weighted by Gasteiger charge is 2.12. The Morgan fingerprint density at radius 1 is 1.28 bits per heavy atom. The topological polar surface area (TPSA) is 49.2 Å². The van der Waals surface area contributed by atoms with E-state index in [9.17, 15) is 0 Å². The minimum absolute atomic E-state index is 0.807. The van der Waals surface area contributed by atoms with Crippen molar-refractivity contribution in [3.63, 3.8) is 0 Å². The first-order valence-electron chi connectivity index (χ1n) is 6.78. The van der Waals surface area contributed by atoms with Crippen molar-refractivity contribution in [1.82, 2.24) is 29.9 Å². The van der Waals surface area contributed by atoms with E-state index in [2.05, 4.69) is 43.9 Å². The summed E-state index contributed by atoms with van der Waals surface area (Å²) < 4.78 is 2.07. The summed E-state index contributed by atoms with van der Waals surface area (Å²) in [7, 11) is 2.19. The van der Waals surface area contributed by atoms with Crippen molar-refractivity contribution < 1.29 is 0 Å². The van der Waals surface area contributed by atoms with Crippen LogP contribution in [0.3, 0.4) is 0 Å². The number of piperazine rings is 1. The molecule has 6 nitrogen and oxygen atoms in total. The van der Waals surface area contributed by atoms with Crippen LogP contribution in [0.2, 0.25) is 0 Å². The van der Waals surface area contributed by atoms with Gasteiger partial charge in [-0.1, -0.05) is 0 Å². The van der Waals surface area contributed by atoms with Gasteiger partial charge in [0.05, 0.1) is 6.54 Å². The average molecular weight is 252 g/mol. The predicted octanol–water partition coefficient (Wildman–Crippen LogP) is -0.365. The highest BCUT2D eigenvalue weighted by molar-refractivity contribution is 4.84. The third kappa shape index (κ3) is 3.76. The van der Waals surface area contributed by atoms with Gasteiger partial charge < -0.3 is 14.8 Å². The van der Waals surface area contributed by atoms with Crippen molar-refractivity contribution in [3.05, 3.63) is 12.2 Å². The molecular weight excluding hydrogens is 228 g/mol. The summed E-state index contributed by atoms with van der Waals surface area (Å²) in [5, 5.41) is 11.5. The van der Waals surface area contributed by atoms with Gasteiger partial charge in [0.15, 0.2) is 0 Å². The summed E-state index contributed by atoms with van der Waals surface area (Å²) in [6.07, 6.45) is 1.79. The van der Waals surface area contributed by atoms with E-state index >= 15 is 0 Å². The molecule has 2 heterocycles. The number of rotatable bonds is 6. The second-order valence-electron chi connectivity index (χ2n) is 4.85. The molecule has 0 atom stereocenters. The standard InChI is InChI=1S/C12H24N6/c1-3-18-11-14-15-12(18)10-13-4-5-17-8-6-16(2)7-9-17/h11,13H,3-10H2,1-2H3. The first-order valence-corrected chi connectivity index (χ1v) is 6.78. The third-order valence-corrected chi connectivity index (χ3v) is 3.52. The highest BCUT2D eigenvalue weighted by Crippen LogP contribution is 1.98. The number of aryl methyl sites for hydroxylation is 1. The van der Waals surface area contributed by atoms with Gasteiger partial charge in [0.25, 0.3) is 0 Å². The molecule has 1 aromatic heterocycles. The number of nitrogens with zero attached hydrogens (tertiary/aromatic N) is 5. The fourth-order valence-electron chi connectivity index (χ4n) is 2.19. The Morgan fingerprint density at radius 3 is 2.78 bits per heavy atom. The summed E-state index contributed by atoms with van der Waals surface area (Å²) in [6.45, 7) is 10.7. The average Bonchev–Trinajstić information content (AvgIpc) is 2.84. The first kappa shape index (κ1) is 13.5. The normalized spacial score (nSPS) is 18.3. The van der Waals surface area contributed by atoms with E-state index in [0.717, 1.165) is 32.0 Å². The molecule has 1 N–H and O–H groups in total. The fourth-order valence-corrected chi connectivity index (χ4v) is 2.19. The van der Waals surface area contributed by atoms with E-state index in [0.29, 0.717) is 0 Å². The van der Waals surface area contributed by atoms with Crippen LogP contribution < -0.4 is 5.32 Å². The van der Waals surface area contributed by atoms with Gasteiger partial charge in [-0.25, -0.2) is 0 Å². The Balaban J connectivity index is 1.61. The zero-order valence-corrected chi connectivity index (χ0v) is 11.5. The maximum absolute atomic E-state index is 4.11. The maximum atomic E-state index is 4.11. The molecule has 0 amide bonds. The molecule has 102 valence electrons. The second kappa shape index (κ2) is 6.82. The van der Waals surface area contributed by atoms with Crippen LogP contribution in [0.1, 0.15) is 12.7 Å².